The van der Waals surface area contributed by atoms with Gasteiger partial charge in [0.1, 0.15) is 5.75 Å². The first-order valence-electron chi connectivity index (χ1n) is 6.59. The van der Waals surface area contributed by atoms with Gasteiger partial charge in [0.25, 0.3) is 0 Å². The predicted octanol–water partition coefficient (Wildman–Crippen LogP) is 1.71. The number of methoxy groups -OCH3 is 1. The Bertz CT molecular complexity index is 408. The molecule has 1 saturated heterocycles. The number of ether oxygens (including phenoxy) is 1. The van der Waals surface area contributed by atoms with Gasteiger partial charge in [-0.1, -0.05) is 0 Å². The molecule has 2 unspecified atom stereocenters. The lowest BCUT2D eigenvalue weighted by Gasteiger charge is -2.36. The number of aromatic nitrogens is 1. The Hall–Kier alpha value is -1.13. The third-order valence-corrected chi connectivity index (χ3v) is 3.64. The minimum Gasteiger partial charge on any atom is -0.497 e. The van der Waals surface area contributed by atoms with Gasteiger partial charge in [-0.2, -0.15) is 0 Å². The van der Waals surface area contributed by atoms with Gasteiger partial charge >= 0.3 is 0 Å². The summed E-state index contributed by atoms with van der Waals surface area (Å²) >= 11 is 0. The van der Waals surface area contributed by atoms with Gasteiger partial charge in [0.15, 0.2) is 0 Å². The van der Waals surface area contributed by atoms with Crippen LogP contribution in [-0.4, -0.2) is 35.6 Å². The maximum absolute atomic E-state index is 5.99. The van der Waals surface area contributed by atoms with Crippen LogP contribution in [0.5, 0.6) is 5.75 Å². The lowest BCUT2D eigenvalue weighted by molar-refractivity contribution is 0.138. The van der Waals surface area contributed by atoms with Crippen molar-refractivity contribution in [3.05, 3.63) is 23.5 Å². The van der Waals surface area contributed by atoms with E-state index in [0.717, 1.165) is 43.1 Å². The fraction of sp³-hybridized carbons (Fsp3) is 0.643. The van der Waals surface area contributed by atoms with E-state index in [9.17, 15) is 0 Å². The first-order chi connectivity index (χ1) is 8.58. The lowest BCUT2D eigenvalue weighted by atomic mass is 9.99. The summed E-state index contributed by atoms with van der Waals surface area (Å²) in [6.07, 6.45) is 2.15. The zero-order valence-electron chi connectivity index (χ0n) is 11.5. The highest BCUT2D eigenvalue weighted by Gasteiger charge is 2.23. The summed E-state index contributed by atoms with van der Waals surface area (Å²) in [5, 5.41) is 0. The van der Waals surface area contributed by atoms with E-state index in [2.05, 4.69) is 16.8 Å². The average molecular weight is 249 g/mol. The summed E-state index contributed by atoms with van der Waals surface area (Å²) in [6, 6.07) is 4.87. The molecule has 0 amide bonds. The largest absolute Gasteiger partial charge is 0.497 e. The summed E-state index contributed by atoms with van der Waals surface area (Å²) in [4.78, 5) is 7.03. The number of nitrogens with zero attached hydrogens (tertiary/aromatic N) is 2. The number of hydrogen-bond acceptors (Lipinski definition) is 4. The Labute approximate surface area is 109 Å². The summed E-state index contributed by atoms with van der Waals surface area (Å²) < 4.78 is 5.29. The number of nitrogens with two attached hydrogens (primary N) is 1. The van der Waals surface area contributed by atoms with E-state index >= 15 is 0 Å². The third-order valence-electron chi connectivity index (χ3n) is 3.64. The van der Waals surface area contributed by atoms with E-state index in [1.807, 2.05) is 19.1 Å². The molecule has 1 fully saturated rings. The molecule has 0 saturated carbocycles. The van der Waals surface area contributed by atoms with Gasteiger partial charge in [0.2, 0.25) is 0 Å². The van der Waals surface area contributed by atoms with Crippen LogP contribution in [0.25, 0.3) is 0 Å². The standard InChI is InChI=1S/C14H23N3O/c1-10-6-14(18-3)8-13(16-10)9-17-5-4-12(15)7-11(17)2/h6,8,11-12H,4-5,7,9,15H2,1-3H3. The molecule has 0 spiro atoms. The van der Waals surface area contributed by atoms with Gasteiger partial charge in [-0.3, -0.25) is 9.88 Å². The minimum absolute atomic E-state index is 0.358. The molecular weight excluding hydrogens is 226 g/mol. The molecule has 2 N–H and O–H groups in total. The molecule has 0 bridgehead atoms. The van der Waals surface area contributed by atoms with Gasteiger partial charge < -0.3 is 10.5 Å². The first kappa shape index (κ1) is 13.3. The van der Waals surface area contributed by atoms with Crippen LogP contribution in [0, 0.1) is 6.92 Å². The second-order valence-corrected chi connectivity index (χ2v) is 5.24. The average Bonchev–Trinajstić information content (AvgIpc) is 2.32. The highest BCUT2D eigenvalue weighted by Crippen LogP contribution is 2.20. The van der Waals surface area contributed by atoms with Crippen molar-refractivity contribution in [1.29, 1.82) is 0 Å². The fourth-order valence-electron chi connectivity index (χ4n) is 2.60. The molecule has 2 rings (SSSR count). The molecule has 0 aromatic carbocycles. The summed E-state index contributed by atoms with van der Waals surface area (Å²) in [5.74, 6) is 0.888. The van der Waals surface area contributed by atoms with Crippen LogP contribution in [0.3, 0.4) is 0 Å². The number of likely N-dealkylation sites (tertiary alicyclic amines) is 1. The summed E-state index contributed by atoms with van der Waals surface area (Å²) in [6.45, 7) is 6.18. The molecule has 0 aliphatic carbocycles. The maximum atomic E-state index is 5.99. The molecule has 4 heteroatoms. The smallest absolute Gasteiger partial charge is 0.122 e. The topological polar surface area (TPSA) is 51.4 Å². The molecular formula is C14H23N3O. The molecule has 100 valence electrons. The van der Waals surface area contributed by atoms with Crippen molar-refractivity contribution in [1.82, 2.24) is 9.88 Å². The van der Waals surface area contributed by atoms with Crippen LogP contribution < -0.4 is 10.5 Å². The first-order valence-corrected chi connectivity index (χ1v) is 6.59. The molecule has 2 heterocycles. The van der Waals surface area contributed by atoms with Crippen molar-refractivity contribution in [3.63, 3.8) is 0 Å². The number of rotatable bonds is 3. The van der Waals surface area contributed by atoms with Gasteiger partial charge in [0, 0.05) is 43.0 Å². The molecule has 18 heavy (non-hydrogen) atoms. The molecule has 1 aliphatic heterocycles. The predicted molar refractivity (Wildman–Crippen MR) is 72.6 cm³/mol. The van der Waals surface area contributed by atoms with Crippen molar-refractivity contribution >= 4 is 0 Å². The van der Waals surface area contributed by atoms with Crippen LogP contribution in [0.15, 0.2) is 12.1 Å². The molecule has 1 aliphatic rings. The van der Waals surface area contributed by atoms with E-state index in [0.29, 0.717) is 12.1 Å². The van der Waals surface area contributed by atoms with Crippen molar-refractivity contribution in [2.45, 2.75) is 45.3 Å². The highest BCUT2D eigenvalue weighted by atomic mass is 16.5. The van der Waals surface area contributed by atoms with Crippen molar-refractivity contribution in [2.24, 2.45) is 5.73 Å². The summed E-state index contributed by atoms with van der Waals surface area (Å²) in [5.41, 5.74) is 8.07. The number of piperidine rings is 1. The van der Waals surface area contributed by atoms with E-state index in [1.54, 1.807) is 7.11 Å². The zero-order chi connectivity index (χ0) is 13.1. The van der Waals surface area contributed by atoms with Crippen molar-refractivity contribution in [2.75, 3.05) is 13.7 Å². The highest BCUT2D eigenvalue weighted by molar-refractivity contribution is 5.26. The summed E-state index contributed by atoms with van der Waals surface area (Å²) in [7, 11) is 1.70. The minimum atomic E-state index is 0.358. The maximum Gasteiger partial charge on any atom is 0.122 e. The Kier molecular flexibility index (Phi) is 4.19. The third kappa shape index (κ3) is 3.21. The monoisotopic (exact) mass is 249 g/mol. The van der Waals surface area contributed by atoms with Crippen LogP contribution in [0.4, 0.5) is 0 Å². The lowest BCUT2D eigenvalue weighted by Crippen LogP contribution is -2.45. The van der Waals surface area contributed by atoms with Crippen LogP contribution in [0.2, 0.25) is 0 Å². The van der Waals surface area contributed by atoms with Crippen molar-refractivity contribution < 1.29 is 4.74 Å². The van der Waals surface area contributed by atoms with E-state index < -0.39 is 0 Å². The molecule has 4 nitrogen and oxygen atoms in total. The number of hydrogen-bond donors (Lipinski definition) is 1. The molecule has 0 radical (unpaired) electrons. The van der Waals surface area contributed by atoms with E-state index in [1.165, 1.54) is 0 Å². The van der Waals surface area contributed by atoms with Crippen LogP contribution in [-0.2, 0) is 6.54 Å². The quantitative estimate of drug-likeness (QED) is 0.886. The Morgan fingerprint density at radius 3 is 2.94 bits per heavy atom. The van der Waals surface area contributed by atoms with Gasteiger partial charge in [-0.05, 0) is 26.7 Å². The van der Waals surface area contributed by atoms with Crippen molar-refractivity contribution in [3.8, 4) is 5.75 Å². The SMILES string of the molecule is COc1cc(C)nc(CN2CCC(N)CC2C)c1. The normalized spacial score (nSPS) is 25.1. The van der Waals surface area contributed by atoms with Crippen LogP contribution >= 0.6 is 0 Å². The molecule has 1 aromatic rings. The second kappa shape index (κ2) is 5.67. The van der Waals surface area contributed by atoms with Crippen LogP contribution in [0.1, 0.15) is 31.2 Å². The van der Waals surface area contributed by atoms with Gasteiger partial charge in [-0.25, -0.2) is 0 Å². The zero-order valence-corrected chi connectivity index (χ0v) is 11.5. The fourth-order valence-corrected chi connectivity index (χ4v) is 2.60. The Morgan fingerprint density at radius 2 is 2.28 bits per heavy atom. The van der Waals surface area contributed by atoms with Gasteiger partial charge in [0.05, 0.1) is 12.8 Å². The Morgan fingerprint density at radius 1 is 1.50 bits per heavy atom. The molecule has 1 aromatic heterocycles. The second-order valence-electron chi connectivity index (χ2n) is 5.24. The van der Waals surface area contributed by atoms with E-state index in [4.69, 9.17) is 10.5 Å². The van der Waals surface area contributed by atoms with Gasteiger partial charge in [-0.15, -0.1) is 0 Å². The number of aryl methyl sites for hydroxylation is 1. The molecule has 2 atom stereocenters. The Balaban J connectivity index is 2.06. The number of pyridine rings is 1. The van der Waals surface area contributed by atoms with E-state index in [-0.39, 0.29) is 0 Å².